The van der Waals surface area contributed by atoms with E-state index in [1.165, 1.54) is 0 Å². The summed E-state index contributed by atoms with van der Waals surface area (Å²) in [5.74, 6) is 0. The summed E-state index contributed by atoms with van der Waals surface area (Å²) in [5.41, 5.74) is 1.92. The zero-order chi connectivity index (χ0) is 12.8. The van der Waals surface area contributed by atoms with Crippen LogP contribution in [0.15, 0.2) is 18.2 Å². The van der Waals surface area contributed by atoms with Crippen molar-refractivity contribution in [3.63, 3.8) is 0 Å². The van der Waals surface area contributed by atoms with Crippen LogP contribution in [-0.2, 0) is 4.74 Å². The Balaban J connectivity index is 2.53. The van der Waals surface area contributed by atoms with Crippen LogP contribution in [0.2, 0.25) is 5.02 Å². The van der Waals surface area contributed by atoms with Crippen LogP contribution in [-0.4, -0.2) is 24.9 Å². The number of anilines is 1. The first-order chi connectivity index (χ1) is 8.02. The van der Waals surface area contributed by atoms with E-state index in [2.05, 4.69) is 10.6 Å². The normalized spacial score (nSPS) is 12.0. The van der Waals surface area contributed by atoms with Crippen LogP contribution < -0.4 is 10.6 Å². The van der Waals surface area contributed by atoms with Gasteiger partial charge in [-0.15, -0.1) is 0 Å². The molecule has 0 saturated carbocycles. The second-order valence-electron chi connectivity index (χ2n) is 3.92. The molecule has 5 heteroatoms. The summed E-state index contributed by atoms with van der Waals surface area (Å²) in [4.78, 5) is 0. The smallest absolute Gasteiger partial charge is 0.171 e. The van der Waals surface area contributed by atoms with Crippen LogP contribution in [0.5, 0.6) is 0 Å². The Morgan fingerprint density at radius 3 is 2.82 bits per heavy atom. The molecule has 0 aliphatic rings. The van der Waals surface area contributed by atoms with Gasteiger partial charge in [0.15, 0.2) is 5.11 Å². The lowest BCUT2D eigenvalue weighted by Crippen LogP contribution is -2.38. The molecule has 2 N–H and O–H groups in total. The van der Waals surface area contributed by atoms with Crippen molar-refractivity contribution < 1.29 is 4.74 Å². The Hall–Kier alpha value is -0.840. The fourth-order valence-corrected chi connectivity index (χ4v) is 1.85. The van der Waals surface area contributed by atoms with Gasteiger partial charge in [-0.1, -0.05) is 17.7 Å². The number of ether oxygens (including phenoxy) is 1. The van der Waals surface area contributed by atoms with E-state index in [-0.39, 0.29) is 6.04 Å². The molecule has 3 nitrogen and oxygen atoms in total. The molecule has 0 amide bonds. The monoisotopic (exact) mass is 272 g/mol. The molecule has 0 radical (unpaired) electrons. The van der Waals surface area contributed by atoms with Gasteiger partial charge in [0.05, 0.1) is 6.61 Å². The quantitative estimate of drug-likeness (QED) is 0.826. The average Bonchev–Trinajstić information content (AvgIpc) is 2.23. The van der Waals surface area contributed by atoms with Crippen molar-refractivity contribution in [2.24, 2.45) is 0 Å². The van der Waals surface area contributed by atoms with Gasteiger partial charge in [0.2, 0.25) is 0 Å². The predicted octanol–water partition coefficient (Wildman–Crippen LogP) is 2.97. The highest BCUT2D eigenvalue weighted by Gasteiger charge is 2.04. The van der Waals surface area contributed by atoms with Gasteiger partial charge in [-0.3, -0.25) is 0 Å². The summed E-state index contributed by atoms with van der Waals surface area (Å²) < 4.78 is 5.02. The maximum Gasteiger partial charge on any atom is 0.171 e. The molecule has 0 spiro atoms. The second kappa shape index (κ2) is 6.79. The molecule has 0 aromatic heterocycles. The van der Waals surface area contributed by atoms with Gasteiger partial charge in [-0.25, -0.2) is 0 Å². The number of nitrogens with one attached hydrogen (secondary N) is 2. The minimum Gasteiger partial charge on any atom is -0.383 e. The second-order valence-corrected chi connectivity index (χ2v) is 4.73. The van der Waals surface area contributed by atoms with E-state index in [1.807, 2.05) is 32.0 Å². The molecule has 17 heavy (non-hydrogen) atoms. The summed E-state index contributed by atoms with van der Waals surface area (Å²) in [5, 5.41) is 7.48. The maximum absolute atomic E-state index is 6.03. The molecular formula is C12H17ClN2OS. The van der Waals surface area contributed by atoms with E-state index in [0.29, 0.717) is 11.7 Å². The van der Waals surface area contributed by atoms with Crippen LogP contribution in [0.1, 0.15) is 12.5 Å². The number of hydrogen-bond donors (Lipinski definition) is 2. The molecule has 1 aromatic carbocycles. The lowest BCUT2D eigenvalue weighted by molar-refractivity contribution is 0.179. The molecule has 1 rings (SSSR count). The molecule has 1 aromatic rings. The number of rotatable bonds is 4. The van der Waals surface area contributed by atoms with Crippen molar-refractivity contribution >= 4 is 34.6 Å². The van der Waals surface area contributed by atoms with Crippen LogP contribution >= 0.6 is 23.8 Å². The largest absolute Gasteiger partial charge is 0.383 e. The summed E-state index contributed by atoms with van der Waals surface area (Å²) in [6.45, 7) is 4.57. The molecule has 0 saturated heterocycles. The number of methoxy groups -OCH3 is 1. The van der Waals surface area contributed by atoms with Crippen molar-refractivity contribution in [3.8, 4) is 0 Å². The number of thiocarbonyl (C=S) groups is 1. The minimum atomic E-state index is 0.168. The van der Waals surface area contributed by atoms with Crippen LogP contribution in [0.4, 0.5) is 5.69 Å². The first kappa shape index (κ1) is 14.2. The fraction of sp³-hybridized carbons (Fsp3) is 0.417. The maximum atomic E-state index is 6.03. The van der Waals surface area contributed by atoms with Gasteiger partial charge in [0.25, 0.3) is 0 Å². The number of benzene rings is 1. The molecule has 0 aliphatic heterocycles. The Morgan fingerprint density at radius 1 is 1.53 bits per heavy atom. The summed E-state index contributed by atoms with van der Waals surface area (Å²) in [6, 6.07) is 5.91. The average molecular weight is 273 g/mol. The van der Waals surface area contributed by atoms with Gasteiger partial charge >= 0.3 is 0 Å². The molecule has 1 atom stereocenters. The third-order valence-corrected chi connectivity index (χ3v) is 2.85. The van der Waals surface area contributed by atoms with E-state index in [4.69, 9.17) is 28.6 Å². The molecule has 0 heterocycles. The van der Waals surface area contributed by atoms with E-state index < -0.39 is 0 Å². The van der Waals surface area contributed by atoms with E-state index in [0.717, 1.165) is 16.3 Å². The van der Waals surface area contributed by atoms with Crippen LogP contribution in [0.3, 0.4) is 0 Å². The Bertz CT molecular complexity index is 398. The summed E-state index contributed by atoms with van der Waals surface area (Å²) in [7, 11) is 1.66. The third kappa shape index (κ3) is 4.89. The van der Waals surface area contributed by atoms with Gasteiger partial charge in [-0.2, -0.15) is 0 Å². The molecule has 0 bridgehead atoms. The molecule has 0 aliphatic carbocycles. The highest BCUT2D eigenvalue weighted by Crippen LogP contribution is 2.19. The van der Waals surface area contributed by atoms with Crippen molar-refractivity contribution in [2.75, 3.05) is 19.0 Å². The fourth-order valence-electron chi connectivity index (χ4n) is 1.35. The van der Waals surface area contributed by atoms with E-state index in [1.54, 1.807) is 7.11 Å². The SMILES string of the molecule is COCC(C)NC(=S)Nc1ccc(C)c(Cl)c1. The Kier molecular flexibility index (Phi) is 5.68. The molecular weight excluding hydrogens is 256 g/mol. The third-order valence-electron chi connectivity index (χ3n) is 2.22. The van der Waals surface area contributed by atoms with Crippen molar-refractivity contribution in [1.82, 2.24) is 5.32 Å². The first-order valence-electron chi connectivity index (χ1n) is 5.35. The van der Waals surface area contributed by atoms with Crippen LogP contribution in [0, 0.1) is 6.92 Å². The Labute approximate surface area is 112 Å². The van der Waals surface area contributed by atoms with Crippen molar-refractivity contribution in [2.45, 2.75) is 19.9 Å². The zero-order valence-corrected chi connectivity index (χ0v) is 11.8. The molecule has 0 fully saturated rings. The highest BCUT2D eigenvalue weighted by molar-refractivity contribution is 7.80. The molecule has 94 valence electrons. The number of hydrogen-bond acceptors (Lipinski definition) is 2. The lowest BCUT2D eigenvalue weighted by atomic mass is 10.2. The lowest BCUT2D eigenvalue weighted by Gasteiger charge is -2.16. The number of halogens is 1. The number of aryl methyl sites for hydroxylation is 1. The van der Waals surface area contributed by atoms with Gasteiger partial charge < -0.3 is 15.4 Å². The van der Waals surface area contributed by atoms with Gasteiger partial charge in [0, 0.05) is 23.9 Å². The Morgan fingerprint density at radius 2 is 2.24 bits per heavy atom. The molecule has 1 unspecified atom stereocenters. The highest BCUT2D eigenvalue weighted by atomic mass is 35.5. The summed E-state index contributed by atoms with van der Waals surface area (Å²) >= 11 is 11.2. The van der Waals surface area contributed by atoms with Crippen molar-refractivity contribution in [3.05, 3.63) is 28.8 Å². The van der Waals surface area contributed by atoms with Crippen LogP contribution in [0.25, 0.3) is 0 Å². The zero-order valence-electron chi connectivity index (χ0n) is 10.2. The van der Waals surface area contributed by atoms with Gasteiger partial charge in [-0.05, 0) is 43.8 Å². The minimum absolute atomic E-state index is 0.168. The van der Waals surface area contributed by atoms with Gasteiger partial charge in [0.1, 0.15) is 0 Å². The first-order valence-corrected chi connectivity index (χ1v) is 6.14. The topological polar surface area (TPSA) is 33.3 Å². The summed E-state index contributed by atoms with van der Waals surface area (Å²) in [6.07, 6.45) is 0. The predicted molar refractivity (Wildman–Crippen MR) is 76.9 cm³/mol. The standard InChI is InChI=1S/C12H17ClN2OS/c1-8-4-5-10(6-11(8)13)15-12(17)14-9(2)7-16-3/h4-6,9H,7H2,1-3H3,(H2,14,15,17). The van der Waals surface area contributed by atoms with Crippen molar-refractivity contribution in [1.29, 1.82) is 0 Å². The van der Waals surface area contributed by atoms with E-state index in [9.17, 15) is 0 Å². The van der Waals surface area contributed by atoms with E-state index >= 15 is 0 Å².